The minimum absolute atomic E-state index is 0.384. The lowest BCUT2D eigenvalue weighted by Crippen LogP contribution is -2.12. The summed E-state index contributed by atoms with van der Waals surface area (Å²) in [4.78, 5) is 0.384. The topological polar surface area (TPSA) is 38.0 Å². The van der Waals surface area contributed by atoms with E-state index in [9.17, 15) is 0 Å². The fraction of sp³-hybridized carbons (Fsp3) is 0.0714. The first-order valence-electron chi connectivity index (χ1n) is 5.60. The van der Waals surface area contributed by atoms with Crippen LogP contribution in [-0.4, -0.2) is 4.99 Å². The van der Waals surface area contributed by atoms with Crippen LogP contribution in [0.1, 0.15) is 11.1 Å². The average Bonchev–Trinajstić information content (AvgIpc) is 2.34. The first-order valence-corrected chi connectivity index (χ1v) is 7.47. The monoisotopic (exact) mass is 402 g/mol. The molecule has 0 saturated carbocycles. The fourth-order valence-corrected chi connectivity index (χ4v) is 2.94. The second-order valence-electron chi connectivity index (χ2n) is 4.11. The summed E-state index contributed by atoms with van der Waals surface area (Å²) >= 11 is 13.3. The number of halogens is 2. The Kier molecular flexibility index (Phi) is 4.65. The lowest BCUT2D eigenvalue weighted by molar-refractivity contribution is 1.41. The molecule has 2 rings (SSSR count). The second-order valence-corrected chi connectivity index (χ2v) is 6.15. The van der Waals surface area contributed by atoms with Gasteiger partial charge in [-0.05, 0) is 59.3 Å². The van der Waals surface area contributed by atoms with Crippen LogP contribution in [0.3, 0.4) is 0 Å². The van der Waals surface area contributed by atoms with Crippen LogP contribution in [0.15, 0.2) is 36.4 Å². The van der Waals surface area contributed by atoms with Crippen LogP contribution < -0.4 is 11.1 Å². The number of hydrogen-bond donors (Lipinski definition) is 2. The molecule has 2 aromatic carbocycles. The van der Waals surface area contributed by atoms with Gasteiger partial charge in [0.25, 0.3) is 0 Å². The average molecular weight is 403 g/mol. The summed E-state index contributed by atoms with van der Waals surface area (Å²) in [6.45, 7) is 2.02. The molecule has 0 aromatic heterocycles. The lowest BCUT2D eigenvalue weighted by atomic mass is 10.1. The number of anilines is 2. The highest BCUT2D eigenvalue weighted by molar-refractivity contribution is 14.1. The zero-order valence-electron chi connectivity index (χ0n) is 10.2. The Morgan fingerprint density at radius 1 is 1.32 bits per heavy atom. The van der Waals surface area contributed by atoms with Crippen LogP contribution in [0, 0.1) is 10.5 Å². The number of benzene rings is 2. The van der Waals surface area contributed by atoms with Gasteiger partial charge in [0.1, 0.15) is 4.99 Å². The highest BCUT2D eigenvalue weighted by atomic mass is 127. The van der Waals surface area contributed by atoms with Crippen molar-refractivity contribution in [2.24, 2.45) is 5.73 Å². The van der Waals surface area contributed by atoms with Gasteiger partial charge in [-0.15, -0.1) is 0 Å². The Labute approximate surface area is 136 Å². The first-order chi connectivity index (χ1) is 8.99. The molecule has 0 aliphatic carbocycles. The number of nitrogens with one attached hydrogen (secondary N) is 1. The molecule has 0 unspecified atom stereocenters. The zero-order valence-corrected chi connectivity index (χ0v) is 13.9. The molecular weight excluding hydrogens is 391 g/mol. The third-order valence-corrected chi connectivity index (χ3v) is 4.08. The van der Waals surface area contributed by atoms with Gasteiger partial charge in [0.15, 0.2) is 0 Å². The highest BCUT2D eigenvalue weighted by Gasteiger charge is 2.09. The summed E-state index contributed by atoms with van der Waals surface area (Å²) in [5, 5.41) is 4.10. The third kappa shape index (κ3) is 3.38. The maximum absolute atomic E-state index is 5.96. The second kappa shape index (κ2) is 6.07. The molecule has 0 radical (unpaired) electrons. The van der Waals surface area contributed by atoms with E-state index >= 15 is 0 Å². The quantitative estimate of drug-likeness (QED) is 0.581. The molecule has 0 saturated heterocycles. The van der Waals surface area contributed by atoms with E-state index in [0.717, 1.165) is 26.1 Å². The van der Waals surface area contributed by atoms with Crippen molar-refractivity contribution in [3.05, 3.63) is 56.1 Å². The molecule has 3 N–H and O–H groups in total. The van der Waals surface area contributed by atoms with Crippen LogP contribution in [0.4, 0.5) is 11.4 Å². The maximum atomic E-state index is 5.96. The van der Waals surface area contributed by atoms with E-state index in [1.54, 1.807) is 0 Å². The normalized spacial score (nSPS) is 10.3. The van der Waals surface area contributed by atoms with E-state index in [4.69, 9.17) is 29.6 Å². The molecule has 0 aliphatic heterocycles. The molecule has 0 spiro atoms. The van der Waals surface area contributed by atoms with Crippen molar-refractivity contribution >= 4 is 62.8 Å². The molecule has 0 atom stereocenters. The van der Waals surface area contributed by atoms with Crippen LogP contribution in [0.25, 0.3) is 0 Å². The van der Waals surface area contributed by atoms with Crippen molar-refractivity contribution in [2.45, 2.75) is 6.92 Å². The van der Waals surface area contributed by atoms with Gasteiger partial charge < -0.3 is 11.1 Å². The number of nitrogens with two attached hydrogens (primary N) is 1. The van der Waals surface area contributed by atoms with Gasteiger partial charge >= 0.3 is 0 Å². The molecule has 0 bridgehead atoms. The van der Waals surface area contributed by atoms with E-state index in [-0.39, 0.29) is 0 Å². The summed E-state index contributed by atoms with van der Waals surface area (Å²) < 4.78 is 1.04. The van der Waals surface area contributed by atoms with Gasteiger partial charge in [0.05, 0.1) is 11.4 Å². The van der Waals surface area contributed by atoms with E-state index in [2.05, 4.69) is 27.9 Å². The SMILES string of the molecule is Cc1cccc(C(N)=S)c1Nc1ccc(Cl)cc1I. The van der Waals surface area contributed by atoms with Crippen molar-refractivity contribution in [1.29, 1.82) is 0 Å². The van der Waals surface area contributed by atoms with Crippen LogP contribution >= 0.6 is 46.4 Å². The van der Waals surface area contributed by atoms with Gasteiger partial charge in [-0.2, -0.15) is 0 Å². The summed E-state index contributed by atoms with van der Waals surface area (Å²) in [6, 6.07) is 11.6. The number of thiocarbonyl (C=S) groups is 1. The molecule has 0 fully saturated rings. The largest absolute Gasteiger partial charge is 0.389 e. The molecule has 2 aromatic rings. The molecule has 0 aliphatic rings. The summed E-state index contributed by atoms with van der Waals surface area (Å²) in [6.07, 6.45) is 0. The van der Waals surface area contributed by atoms with Crippen molar-refractivity contribution in [1.82, 2.24) is 0 Å². The minimum atomic E-state index is 0.384. The molecule has 0 amide bonds. The van der Waals surface area contributed by atoms with Gasteiger partial charge in [-0.1, -0.05) is 36.0 Å². The van der Waals surface area contributed by atoms with Crippen molar-refractivity contribution < 1.29 is 0 Å². The number of rotatable bonds is 3. The molecular formula is C14H12ClIN2S. The Morgan fingerprint density at radius 3 is 2.68 bits per heavy atom. The predicted octanol–water partition coefficient (Wildman–Crippen LogP) is 4.63. The van der Waals surface area contributed by atoms with E-state index in [1.807, 2.05) is 43.3 Å². The molecule has 5 heteroatoms. The highest BCUT2D eigenvalue weighted by Crippen LogP contribution is 2.29. The molecule has 0 heterocycles. The third-order valence-electron chi connectivity index (χ3n) is 2.73. The van der Waals surface area contributed by atoms with E-state index in [1.165, 1.54) is 0 Å². The molecule has 2 nitrogen and oxygen atoms in total. The summed E-state index contributed by atoms with van der Waals surface area (Å²) in [5.41, 5.74) is 9.63. The lowest BCUT2D eigenvalue weighted by Gasteiger charge is -2.15. The Balaban J connectivity index is 2.46. The van der Waals surface area contributed by atoms with Crippen molar-refractivity contribution in [3.63, 3.8) is 0 Å². The van der Waals surface area contributed by atoms with E-state index < -0.39 is 0 Å². The van der Waals surface area contributed by atoms with E-state index in [0.29, 0.717) is 10.0 Å². The summed E-state index contributed by atoms with van der Waals surface area (Å²) in [7, 11) is 0. The number of para-hydroxylation sites is 1. The van der Waals surface area contributed by atoms with Crippen molar-refractivity contribution in [2.75, 3.05) is 5.32 Å². The Bertz CT molecular complexity index is 643. The maximum Gasteiger partial charge on any atom is 0.106 e. The van der Waals surface area contributed by atoms with Crippen molar-refractivity contribution in [3.8, 4) is 0 Å². The minimum Gasteiger partial charge on any atom is -0.389 e. The van der Waals surface area contributed by atoms with Gasteiger partial charge in [0.2, 0.25) is 0 Å². The first kappa shape index (κ1) is 14.6. The van der Waals surface area contributed by atoms with Crippen LogP contribution in [0.5, 0.6) is 0 Å². The number of aryl methyl sites for hydroxylation is 1. The van der Waals surface area contributed by atoms with Gasteiger partial charge in [-0.25, -0.2) is 0 Å². The zero-order chi connectivity index (χ0) is 14.0. The Hall–Kier alpha value is -0.850. The summed E-state index contributed by atoms with van der Waals surface area (Å²) in [5.74, 6) is 0. The van der Waals surface area contributed by atoms with Crippen LogP contribution in [-0.2, 0) is 0 Å². The Morgan fingerprint density at radius 2 is 2.05 bits per heavy atom. The van der Waals surface area contributed by atoms with Gasteiger partial charge in [-0.3, -0.25) is 0 Å². The molecule has 98 valence electrons. The fourth-order valence-electron chi connectivity index (χ4n) is 1.76. The van der Waals surface area contributed by atoms with Crippen LogP contribution in [0.2, 0.25) is 5.02 Å². The predicted molar refractivity (Wildman–Crippen MR) is 94.5 cm³/mol. The number of hydrogen-bond acceptors (Lipinski definition) is 2. The van der Waals surface area contributed by atoms with Gasteiger partial charge in [0, 0.05) is 14.2 Å². The standard InChI is InChI=1S/C14H12ClIN2S/c1-8-3-2-4-10(14(17)19)13(8)18-12-6-5-9(15)7-11(12)16/h2-7,18H,1H3,(H2,17,19). The molecule has 19 heavy (non-hydrogen) atoms. The smallest absolute Gasteiger partial charge is 0.106 e.